The number of nitrogens with one attached hydrogen (secondary N) is 1. The third kappa shape index (κ3) is 8.03. The van der Waals surface area contributed by atoms with Crippen LogP contribution in [-0.2, 0) is 14.3 Å². The average molecular weight is 565 g/mol. The standard InChI is InChI=1S/C30H45ClN2O6/c1-17(2)10-11-21-27(36)18(3)9-8-12-30(7)25(39-30)14-23(22(31)13-20-16-38-19(4)32-20)33-26(35)15-24(34)29(5,6)28(21)37/h10,13,16,18,21,23-25,27,34,36H,8-9,11-12,14-15H2,1-7H3,(H,33,35)/t18-,21?,23-,24-,25?,27+,30?/m0/s1. The number of hydrogen-bond donors (Lipinski definition) is 3. The number of aliphatic hydroxyl groups excluding tert-OH is 2. The minimum atomic E-state index is -1.25. The molecule has 3 heterocycles. The molecule has 1 aromatic heterocycles. The second kappa shape index (κ2) is 12.7. The number of carbonyl (C=O) groups is 2. The van der Waals surface area contributed by atoms with Crippen molar-refractivity contribution in [3.8, 4) is 0 Å². The van der Waals surface area contributed by atoms with E-state index < -0.39 is 35.5 Å². The Bertz CT molecular complexity index is 1090. The molecular weight excluding hydrogens is 520 g/mol. The van der Waals surface area contributed by atoms with E-state index in [9.17, 15) is 19.8 Å². The van der Waals surface area contributed by atoms with Crippen LogP contribution in [0.15, 0.2) is 27.4 Å². The fourth-order valence-corrected chi connectivity index (χ4v) is 5.64. The average Bonchev–Trinajstić information content (AvgIpc) is 3.29. The largest absolute Gasteiger partial charge is 0.449 e. The molecule has 1 aromatic rings. The molecule has 0 bridgehead atoms. The molecule has 0 spiro atoms. The maximum absolute atomic E-state index is 13.8. The first-order chi connectivity index (χ1) is 18.1. The van der Waals surface area contributed by atoms with E-state index in [0.717, 1.165) is 24.8 Å². The van der Waals surface area contributed by atoms with Crippen LogP contribution < -0.4 is 5.32 Å². The van der Waals surface area contributed by atoms with Crippen molar-refractivity contribution in [2.45, 2.75) is 117 Å². The summed E-state index contributed by atoms with van der Waals surface area (Å²) in [5.41, 5.74) is -0.0133. The maximum atomic E-state index is 13.8. The van der Waals surface area contributed by atoms with Crippen LogP contribution in [0.25, 0.3) is 6.08 Å². The van der Waals surface area contributed by atoms with Gasteiger partial charge in [-0.15, -0.1) is 0 Å². The third-order valence-electron chi connectivity index (χ3n) is 8.37. The van der Waals surface area contributed by atoms with Crippen LogP contribution in [-0.4, -0.2) is 56.8 Å². The summed E-state index contributed by atoms with van der Waals surface area (Å²) in [7, 11) is 0. The van der Waals surface area contributed by atoms with Crippen molar-refractivity contribution >= 4 is 29.4 Å². The lowest BCUT2D eigenvalue weighted by atomic mass is 9.71. The molecule has 2 fully saturated rings. The van der Waals surface area contributed by atoms with Crippen LogP contribution in [0.3, 0.4) is 0 Å². The predicted octanol–water partition coefficient (Wildman–Crippen LogP) is 5.09. The molecule has 8 nitrogen and oxygen atoms in total. The van der Waals surface area contributed by atoms with Gasteiger partial charge >= 0.3 is 0 Å². The zero-order chi connectivity index (χ0) is 29.1. The van der Waals surface area contributed by atoms with E-state index in [2.05, 4.69) is 10.3 Å². The van der Waals surface area contributed by atoms with Crippen molar-refractivity contribution in [1.82, 2.24) is 10.3 Å². The molecule has 0 aromatic carbocycles. The molecule has 39 heavy (non-hydrogen) atoms. The van der Waals surface area contributed by atoms with Crippen LogP contribution in [0.4, 0.5) is 0 Å². The van der Waals surface area contributed by atoms with E-state index in [1.807, 2.05) is 33.8 Å². The van der Waals surface area contributed by atoms with E-state index in [4.69, 9.17) is 20.8 Å². The molecule has 0 saturated carbocycles. The van der Waals surface area contributed by atoms with Crippen molar-refractivity contribution in [3.05, 3.63) is 34.5 Å². The molecule has 3 unspecified atom stereocenters. The van der Waals surface area contributed by atoms with Gasteiger partial charge in [-0.1, -0.05) is 50.4 Å². The Kier molecular flexibility index (Phi) is 10.2. The highest BCUT2D eigenvalue weighted by Gasteiger charge is 2.52. The fraction of sp³-hybridized carbons (Fsp3) is 0.700. The number of ether oxygens (including phenoxy) is 1. The number of rotatable bonds is 4. The number of aromatic nitrogens is 1. The zero-order valence-electron chi connectivity index (χ0n) is 24.3. The lowest BCUT2D eigenvalue weighted by Crippen LogP contribution is -2.48. The summed E-state index contributed by atoms with van der Waals surface area (Å²) in [5.74, 6) is -0.985. The Morgan fingerprint density at radius 1 is 1.26 bits per heavy atom. The third-order valence-corrected chi connectivity index (χ3v) is 8.74. The minimum Gasteiger partial charge on any atom is -0.449 e. The monoisotopic (exact) mass is 564 g/mol. The minimum absolute atomic E-state index is 0.106. The molecule has 0 radical (unpaired) electrons. The number of fused-ring (bicyclic) bond motifs is 1. The molecule has 218 valence electrons. The summed E-state index contributed by atoms with van der Waals surface area (Å²) in [5, 5.41) is 25.7. The van der Waals surface area contributed by atoms with Gasteiger partial charge in [-0.05, 0) is 52.0 Å². The van der Waals surface area contributed by atoms with Crippen LogP contribution in [0.2, 0.25) is 0 Å². The van der Waals surface area contributed by atoms with Crippen LogP contribution >= 0.6 is 11.6 Å². The number of hydrogen-bond acceptors (Lipinski definition) is 7. The number of ketones is 1. The molecular formula is C30H45ClN2O6. The van der Waals surface area contributed by atoms with Crippen LogP contribution in [0.5, 0.6) is 0 Å². The van der Waals surface area contributed by atoms with E-state index in [-0.39, 0.29) is 29.8 Å². The Hall–Kier alpha value is -2.00. The van der Waals surface area contributed by atoms with Gasteiger partial charge in [0.1, 0.15) is 17.7 Å². The summed E-state index contributed by atoms with van der Waals surface area (Å²) in [6.07, 6.45) is 5.77. The Labute approximate surface area is 237 Å². The van der Waals surface area contributed by atoms with Crippen LogP contribution in [0, 0.1) is 24.2 Å². The van der Waals surface area contributed by atoms with E-state index in [1.54, 1.807) is 26.8 Å². The number of aryl methyl sites for hydroxylation is 1. The Morgan fingerprint density at radius 3 is 2.56 bits per heavy atom. The van der Waals surface area contributed by atoms with E-state index in [1.165, 1.54) is 6.26 Å². The summed E-state index contributed by atoms with van der Waals surface area (Å²) < 4.78 is 11.3. The van der Waals surface area contributed by atoms with Gasteiger partial charge < -0.3 is 24.7 Å². The van der Waals surface area contributed by atoms with Crippen molar-refractivity contribution in [3.63, 3.8) is 0 Å². The van der Waals surface area contributed by atoms with Gasteiger partial charge in [0.05, 0.1) is 41.8 Å². The topological polar surface area (TPSA) is 125 Å². The number of nitrogens with zero attached hydrogens (tertiary/aromatic N) is 1. The molecule has 7 atom stereocenters. The Balaban J connectivity index is 1.90. The van der Waals surface area contributed by atoms with E-state index in [0.29, 0.717) is 29.5 Å². The van der Waals surface area contributed by atoms with Crippen molar-refractivity contribution in [1.29, 1.82) is 0 Å². The van der Waals surface area contributed by atoms with Gasteiger partial charge in [0.15, 0.2) is 5.89 Å². The van der Waals surface area contributed by atoms with Gasteiger partial charge in [0.25, 0.3) is 0 Å². The highest BCUT2D eigenvalue weighted by atomic mass is 35.5. The number of Topliss-reactive ketones (excluding diaryl/α,β-unsaturated/α-hetero) is 1. The maximum Gasteiger partial charge on any atom is 0.223 e. The Morgan fingerprint density at radius 2 is 1.95 bits per heavy atom. The normalized spacial score (nSPS) is 34.7. The molecule has 2 aliphatic rings. The molecule has 1 amide bonds. The number of oxazole rings is 1. The van der Waals surface area contributed by atoms with Crippen molar-refractivity contribution < 1.29 is 29.0 Å². The first-order valence-corrected chi connectivity index (χ1v) is 14.3. The summed E-state index contributed by atoms with van der Waals surface area (Å²) in [6.45, 7) is 12.9. The predicted molar refractivity (Wildman–Crippen MR) is 151 cm³/mol. The number of aliphatic hydroxyl groups is 2. The molecule has 3 N–H and O–H groups in total. The molecule has 2 saturated heterocycles. The number of allylic oxidation sites excluding steroid dienone is 2. The first-order valence-electron chi connectivity index (χ1n) is 13.9. The summed E-state index contributed by atoms with van der Waals surface area (Å²) >= 11 is 6.69. The summed E-state index contributed by atoms with van der Waals surface area (Å²) in [4.78, 5) is 31.2. The van der Waals surface area contributed by atoms with Crippen LogP contribution in [0.1, 0.15) is 91.7 Å². The molecule has 9 heteroatoms. The van der Waals surface area contributed by atoms with E-state index >= 15 is 0 Å². The lowest BCUT2D eigenvalue weighted by molar-refractivity contribution is -0.143. The highest BCUT2D eigenvalue weighted by Crippen LogP contribution is 2.45. The number of halogens is 1. The van der Waals surface area contributed by atoms with Gasteiger partial charge in [-0.3, -0.25) is 9.59 Å². The van der Waals surface area contributed by atoms with Gasteiger partial charge in [0.2, 0.25) is 5.91 Å². The second-order valence-electron chi connectivity index (χ2n) is 12.4. The fourth-order valence-electron chi connectivity index (χ4n) is 5.38. The molecule has 0 aliphatic carbocycles. The van der Waals surface area contributed by atoms with Crippen molar-refractivity contribution in [2.75, 3.05) is 0 Å². The highest BCUT2D eigenvalue weighted by molar-refractivity contribution is 6.32. The second-order valence-corrected chi connectivity index (χ2v) is 12.8. The number of epoxide rings is 1. The van der Waals surface area contributed by atoms with Gasteiger partial charge in [-0.2, -0.15) is 0 Å². The SMILES string of the molecule is CC(C)=CCC1C(=O)C(C)(C)[C@@H](O)CC(=O)N[C@H](C(Cl)=Cc2coc(C)n2)CC2OC2(C)CCC[C@H](C)[C@H]1O. The van der Waals surface area contributed by atoms with Gasteiger partial charge in [-0.25, -0.2) is 4.98 Å². The van der Waals surface area contributed by atoms with Gasteiger partial charge in [0, 0.05) is 24.3 Å². The number of carbonyl (C=O) groups excluding carboxylic acids is 2. The molecule has 2 aliphatic heterocycles. The number of amides is 1. The quantitative estimate of drug-likeness (QED) is 0.343. The molecule has 3 rings (SSSR count). The summed E-state index contributed by atoms with van der Waals surface area (Å²) in [6, 6.07) is -0.562. The lowest BCUT2D eigenvalue weighted by Gasteiger charge is -2.36. The van der Waals surface area contributed by atoms with Crippen molar-refractivity contribution in [2.24, 2.45) is 17.3 Å². The first kappa shape index (κ1) is 31.5. The zero-order valence-corrected chi connectivity index (χ0v) is 25.0. The smallest absolute Gasteiger partial charge is 0.223 e.